The number of carbonyl (C=O) groups excluding carboxylic acids is 3. The van der Waals surface area contributed by atoms with Gasteiger partial charge in [0.25, 0.3) is 5.91 Å². The summed E-state index contributed by atoms with van der Waals surface area (Å²) in [5.41, 5.74) is -0.910. The van der Waals surface area contributed by atoms with E-state index in [9.17, 15) is 27.2 Å². The Balaban J connectivity index is 1.55. The summed E-state index contributed by atoms with van der Waals surface area (Å²) in [4.78, 5) is 41.3. The summed E-state index contributed by atoms with van der Waals surface area (Å²) in [6.45, 7) is 1.29. The number of carbonyl (C=O) groups is 3. The first-order valence-corrected chi connectivity index (χ1v) is 11.9. The fourth-order valence-electron chi connectivity index (χ4n) is 4.41. The van der Waals surface area contributed by atoms with Crippen molar-refractivity contribution in [1.82, 2.24) is 15.1 Å². The van der Waals surface area contributed by atoms with Crippen molar-refractivity contribution < 1.29 is 27.2 Å². The maximum absolute atomic E-state index is 13.3. The Morgan fingerprint density at radius 1 is 1.20 bits per heavy atom. The Morgan fingerprint density at radius 3 is 2.40 bits per heavy atom. The van der Waals surface area contributed by atoms with Gasteiger partial charge in [0.05, 0.1) is 11.5 Å². The molecule has 0 unspecified atom stereocenters. The quantitative estimate of drug-likeness (QED) is 0.673. The number of amides is 4. The van der Waals surface area contributed by atoms with E-state index in [1.165, 1.54) is 24.3 Å². The maximum Gasteiger partial charge on any atom is 0.325 e. The van der Waals surface area contributed by atoms with Crippen LogP contribution >= 0.6 is 0 Å². The topological polar surface area (TPSA) is 104 Å². The molecule has 2 saturated heterocycles. The van der Waals surface area contributed by atoms with Gasteiger partial charge in [-0.25, -0.2) is 17.6 Å². The smallest absolute Gasteiger partial charge is 0.325 e. The van der Waals surface area contributed by atoms with E-state index in [-0.39, 0.29) is 24.0 Å². The van der Waals surface area contributed by atoms with Crippen LogP contribution in [0.1, 0.15) is 38.2 Å². The van der Waals surface area contributed by atoms with Crippen LogP contribution in [0.4, 0.5) is 9.18 Å². The highest BCUT2D eigenvalue weighted by Gasteiger charge is 2.52. The molecule has 1 aromatic carbocycles. The van der Waals surface area contributed by atoms with Crippen LogP contribution in [0.3, 0.4) is 0 Å². The monoisotopic (exact) mass is 437 g/mol. The van der Waals surface area contributed by atoms with E-state index in [0.29, 0.717) is 12.0 Å². The number of benzene rings is 1. The van der Waals surface area contributed by atoms with Crippen LogP contribution in [-0.4, -0.2) is 66.2 Å². The third-order valence-corrected chi connectivity index (χ3v) is 7.92. The van der Waals surface area contributed by atoms with Crippen molar-refractivity contribution in [3.8, 4) is 0 Å². The summed E-state index contributed by atoms with van der Waals surface area (Å²) in [7, 11) is -3.17. The second kappa shape index (κ2) is 7.33. The highest BCUT2D eigenvalue weighted by atomic mass is 32.2. The van der Waals surface area contributed by atoms with Gasteiger partial charge in [-0.3, -0.25) is 14.5 Å². The zero-order valence-corrected chi connectivity index (χ0v) is 17.5. The van der Waals surface area contributed by atoms with Crippen LogP contribution in [0.5, 0.6) is 0 Å². The van der Waals surface area contributed by atoms with Gasteiger partial charge in [-0.15, -0.1) is 0 Å². The summed E-state index contributed by atoms with van der Waals surface area (Å²) in [5.74, 6) is -1.48. The van der Waals surface area contributed by atoms with E-state index in [0.717, 1.165) is 17.7 Å². The van der Waals surface area contributed by atoms with Crippen LogP contribution in [0, 0.1) is 5.82 Å². The molecule has 162 valence electrons. The molecule has 0 aromatic heterocycles. The molecular weight excluding hydrogens is 413 g/mol. The lowest BCUT2D eigenvalue weighted by Gasteiger charge is -2.30. The number of sulfone groups is 1. The van der Waals surface area contributed by atoms with Gasteiger partial charge in [0.15, 0.2) is 9.84 Å². The van der Waals surface area contributed by atoms with Crippen molar-refractivity contribution in [2.24, 2.45) is 0 Å². The van der Waals surface area contributed by atoms with Gasteiger partial charge in [0.2, 0.25) is 5.91 Å². The minimum atomic E-state index is -3.17. The van der Waals surface area contributed by atoms with E-state index in [4.69, 9.17) is 0 Å². The number of nitrogens with one attached hydrogen (secondary N) is 1. The summed E-state index contributed by atoms with van der Waals surface area (Å²) in [6.07, 6.45) is 2.19. The van der Waals surface area contributed by atoms with Gasteiger partial charge < -0.3 is 10.2 Å². The van der Waals surface area contributed by atoms with Crippen molar-refractivity contribution in [3.05, 3.63) is 35.6 Å². The lowest BCUT2D eigenvalue weighted by molar-refractivity contribution is -0.140. The minimum Gasteiger partial charge on any atom is -0.334 e. The summed E-state index contributed by atoms with van der Waals surface area (Å²) in [6, 6.07) is 4.19. The van der Waals surface area contributed by atoms with E-state index < -0.39 is 51.6 Å². The Morgan fingerprint density at radius 2 is 1.87 bits per heavy atom. The number of nitrogens with zero attached hydrogens (tertiary/aromatic N) is 2. The fraction of sp³-hybridized carbons (Fsp3) is 0.550. The summed E-state index contributed by atoms with van der Waals surface area (Å²) >= 11 is 0. The molecule has 2 heterocycles. The zero-order valence-electron chi connectivity index (χ0n) is 16.6. The SMILES string of the molecule is CC[C@@]1(c2ccc(F)cc2)NC(=O)N(CC(=O)N(C2CC2)[C@@H]2CCS(=O)(=O)C2)C1=O. The van der Waals surface area contributed by atoms with Gasteiger partial charge in [-0.05, 0) is 43.4 Å². The molecule has 0 spiro atoms. The predicted octanol–water partition coefficient (Wildman–Crippen LogP) is 1.16. The molecule has 4 rings (SSSR count). The Hall–Kier alpha value is -2.49. The van der Waals surface area contributed by atoms with Gasteiger partial charge >= 0.3 is 6.03 Å². The molecule has 1 N–H and O–H groups in total. The molecular formula is C20H24FN3O5S. The van der Waals surface area contributed by atoms with E-state index in [2.05, 4.69) is 5.32 Å². The van der Waals surface area contributed by atoms with Crippen molar-refractivity contribution in [2.45, 2.75) is 50.2 Å². The third-order valence-electron chi connectivity index (χ3n) is 6.17. The van der Waals surface area contributed by atoms with Crippen LogP contribution in [-0.2, 0) is 25.0 Å². The van der Waals surface area contributed by atoms with Crippen LogP contribution in [0.2, 0.25) is 0 Å². The number of rotatable bonds is 6. The number of urea groups is 1. The molecule has 2 aliphatic heterocycles. The predicted molar refractivity (Wildman–Crippen MR) is 106 cm³/mol. The average molecular weight is 437 g/mol. The number of hydrogen-bond donors (Lipinski definition) is 1. The molecule has 3 aliphatic rings. The molecule has 1 aromatic rings. The van der Waals surface area contributed by atoms with Crippen molar-refractivity contribution in [2.75, 3.05) is 18.1 Å². The first kappa shape index (κ1) is 20.8. The molecule has 10 heteroatoms. The Kier molecular flexibility index (Phi) is 5.08. The first-order valence-electron chi connectivity index (χ1n) is 10.1. The standard InChI is InChI=1S/C20H24FN3O5S/c1-2-20(13-3-5-14(21)6-4-13)18(26)23(19(27)22-20)11-17(25)24(15-7-8-15)16-9-10-30(28,29)12-16/h3-6,15-16H,2,7-12H2,1H3,(H,22,27)/t16-,20+/m1/s1. The molecule has 8 nitrogen and oxygen atoms in total. The number of halogens is 1. The molecule has 1 saturated carbocycles. The summed E-state index contributed by atoms with van der Waals surface area (Å²) < 4.78 is 37.1. The van der Waals surface area contributed by atoms with Gasteiger partial charge in [0.1, 0.15) is 17.9 Å². The van der Waals surface area contributed by atoms with Gasteiger partial charge in [0, 0.05) is 12.1 Å². The largest absolute Gasteiger partial charge is 0.334 e. The second-order valence-electron chi connectivity index (χ2n) is 8.18. The fourth-order valence-corrected chi connectivity index (χ4v) is 6.12. The molecule has 0 bridgehead atoms. The van der Waals surface area contributed by atoms with E-state index in [1.807, 2.05) is 0 Å². The van der Waals surface area contributed by atoms with Crippen molar-refractivity contribution >= 4 is 27.7 Å². The minimum absolute atomic E-state index is 0.0374. The van der Waals surface area contributed by atoms with Crippen molar-refractivity contribution in [1.29, 1.82) is 0 Å². The normalized spacial score (nSPS) is 27.9. The van der Waals surface area contributed by atoms with Crippen LogP contribution in [0.15, 0.2) is 24.3 Å². The van der Waals surface area contributed by atoms with E-state index >= 15 is 0 Å². The number of imide groups is 1. The Bertz CT molecular complexity index is 992. The summed E-state index contributed by atoms with van der Waals surface area (Å²) in [5, 5.41) is 2.67. The highest BCUT2D eigenvalue weighted by Crippen LogP contribution is 2.35. The van der Waals surface area contributed by atoms with Crippen LogP contribution in [0.25, 0.3) is 0 Å². The maximum atomic E-state index is 13.3. The molecule has 0 radical (unpaired) electrons. The molecule has 1 aliphatic carbocycles. The van der Waals surface area contributed by atoms with Crippen LogP contribution < -0.4 is 5.32 Å². The first-order chi connectivity index (χ1) is 14.2. The number of hydrogen-bond acceptors (Lipinski definition) is 5. The second-order valence-corrected chi connectivity index (χ2v) is 10.4. The molecule has 30 heavy (non-hydrogen) atoms. The zero-order chi connectivity index (χ0) is 21.7. The van der Waals surface area contributed by atoms with Gasteiger partial charge in [-0.1, -0.05) is 19.1 Å². The molecule has 3 fully saturated rings. The van der Waals surface area contributed by atoms with E-state index in [1.54, 1.807) is 11.8 Å². The van der Waals surface area contributed by atoms with Gasteiger partial charge in [-0.2, -0.15) is 0 Å². The van der Waals surface area contributed by atoms with Crippen molar-refractivity contribution in [3.63, 3.8) is 0 Å². The molecule has 4 amide bonds. The lowest BCUT2D eigenvalue weighted by atomic mass is 9.87. The molecule has 2 atom stereocenters. The highest BCUT2D eigenvalue weighted by molar-refractivity contribution is 7.91. The average Bonchev–Trinajstić information content (AvgIpc) is 3.42. The third kappa shape index (κ3) is 3.57. The lowest BCUT2D eigenvalue weighted by Crippen LogP contribution is -2.49. The Labute approximate surface area is 174 Å².